The Bertz CT molecular complexity index is 749. The standard InChI is InChI=1S/C17H15F2NO3/c1-23-12-4-2-3-11(9-12)17(5-6-17)20-16(22)10-7-13(18)15(21)14(19)8-10/h2-4,7-9,21H,5-6H2,1H3,(H,20,22). The van der Waals surface area contributed by atoms with E-state index in [-0.39, 0.29) is 5.56 Å². The van der Waals surface area contributed by atoms with Gasteiger partial charge in [0.1, 0.15) is 5.75 Å². The maximum atomic E-state index is 13.4. The third-order valence-corrected chi connectivity index (χ3v) is 4.00. The largest absolute Gasteiger partial charge is 0.503 e. The van der Waals surface area contributed by atoms with Crippen molar-refractivity contribution in [3.63, 3.8) is 0 Å². The molecule has 0 spiro atoms. The molecule has 1 fully saturated rings. The first-order valence-electron chi connectivity index (χ1n) is 7.10. The fourth-order valence-corrected chi connectivity index (χ4v) is 2.52. The van der Waals surface area contributed by atoms with Crippen LogP contribution in [0.4, 0.5) is 8.78 Å². The van der Waals surface area contributed by atoms with Gasteiger partial charge in [-0.05, 0) is 42.7 Å². The van der Waals surface area contributed by atoms with Crippen molar-refractivity contribution >= 4 is 5.91 Å². The highest BCUT2D eigenvalue weighted by Crippen LogP contribution is 2.46. The van der Waals surface area contributed by atoms with Crippen LogP contribution in [0, 0.1) is 11.6 Å². The topological polar surface area (TPSA) is 58.6 Å². The summed E-state index contributed by atoms with van der Waals surface area (Å²) in [6.45, 7) is 0. The van der Waals surface area contributed by atoms with Crippen molar-refractivity contribution in [3.05, 3.63) is 59.2 Å². The monoisotopic (exact) mass is 319 g/mol. The first-order chi connectivity index (χ1) is 10.9. The number of hydrogen-bond donors (Lipinski definition) is 2. The van der Waals surface area contributed by atoms with Gasteiger partial charge in [0.2, 0.25) is 0 Å². The summed E-state index contributed by atoms with van der Waals surface area (Å²) in [7, 11) is 1.55. The Labute approximate surface area is 131 Å². The number of carbonyl (C=O) groups excluding carboxylic acids is 1. The van der Waals surface area contributed by atoms with Crippen LogP contribution in [0.5, 0.6) is 11.5 Å². The summed E-state index contributed by atoms with van der Waals surface area (Å²) < 4.78 is 31.9. The van der Waals surface area contributed by atoms with Crippen LogP contribution in [0.3, 0.4) is 0 Å². The molecule has 0 radical (unpaired) electrons. The van der Waals surface area contributed by atoms with Gasteiger partial charge in [0.05, 0.1) is 12.6 Å². The number of halogens is 2. The second-order valence-corrected chi connectivity index (χ2v) is 5.56. The normalized spacial score (nSPS) is 15.1. The summed E-state index contributed by atoms with van der Waals surface area (Å²) in [4.78, 5) is 12.3. The first-order valence-corrected chi connectivity index (χ1v) is 7.10. The number of phenolic OH excluding ortho intramolecular Hbond substituents is 1. The van der Waals surface area contributed by atoms with Gasteiger partial charge in [0, 0.05) is 5.56 Å². The second kappa shape index (κ2) is 5.53. The van der Waals surface area contributed by atoms with Crippen molar-refractivity contribution in [1.82, 2.24) is 5.32 Å². The fraction of sp³-hybridized carbons (Fsp3) is 0.235. The van der Waals surface area contributed by atoms with Gasteiger partial charge in [-0.3, -0.25) is 4.79 Å². The average Bonchev–Trinajstić information content (AvgIpc) is 3.33. The van der Waals surface area contributed by atoms with Crippen molar-refractivity contribution < 1.29 is 23.4 Å². The number of nitrogens with one attached hydrogen (secondary N) is 1. The van der Waals surface area contributed by atoms with Crippen LogP contribution in [-0.2, 0) is 5.54 Å². The molecule has 6 heteroatoms. The van der Waals surface area contributed by atoms with E-state index in [4.69, 9.17) is 9.84 Å². The molecule has 0 unspecified atom stereocenters. The maximum Gasteiger partial charge on any atom is 0.252 e. The highest BCUT2D eigenvalue weighted by atomic mass is 19.1. The third-order valence-electron chi connectivity index (χ3n) is 4.00. The number of ether oxygens (including phenoxy) is 1. The van der Waals surface area contributed by atoms with E-state index in [1.807, 2.05) is 18.2 Å². The van der Waals surface area contributed by atoms with Crippen molar-refractivity contribution in [1.29, 1.82) is 0 Å². The SMILES string of the molecule is COc1cccc(C2(NC(=O)c3cc(F)c(O)c(F)c3)CC2)c1. The van der Waals surface area contributed by atoms with Gasteiger partial charge in [0.15, 0.2) is 17.4 Å². The highest BCUT2D eigenvalue weighted by molar-refractivity contribution is 5.95. The number of benzene rings is 2. The van der Waals surface area contributed by atoms with Crippen LogP contribution < -0.4 is 10.1 Å². The minimum Gasteiger partial charge on any atom is -0.503 e. The molecule has 1 amide bonds. The maximum absolute atomic E-state index is 13.4. The quantitative estimate of drug-likeness (QED) is 0.910. The lowest BCUT2D eigenvalue weighted by molar-refractivity contribution is 0.0929. The molecule has 0 saturated heterocycles. The molecule has 0 aromatic heterocycles. The van der Waals surface area contributed by atoms with Crippen LogP contribution in [0.25, 0.3) is 0 Å². The highest BCUT2D eigenvalue weighted by Gasteiger charge is 2.46. The molecule has 1 aliphatic rings. The van der Waals surface area contributed by atoms with E-state index in [1.54, 1.807) is 13.2 Å². The Morgan fingerprint density at radius 1 is 1.22 bits per heavy atom. The Balaban J connectivity index is 1.85. The molecular formula is C17H15F2NO3. The summed E-state index contributed by atoms with van der Waals surface area (Å²) in [6.07, 6.45) is 1.46. The summed E-state index contributed by atoms with van der Waals surface area (Å²) in [5.74, 6) is -3.34. The molecule has 4 nitrogen and oxygen atoms in total. The fourth-order valence-electron chi connectivity index (χ4n) is 2.52. The summed E-state index contributed by atoms with van der Waals surface area (Å²) in [5, 5.41) is 11.9. The molecule has 1 aliphatic carbocycles. The van der Waals surface area contributed by atoms with Crippen LogP contribution in [0.15, 0.2) is 36.4 Å². The van der Waals surface area contributed by atoms with E-state index in [1.165, 1.54) is 0 Å². The predicted octanol–water partition coefficient (Wildman–Crippen LogP) is 3.10. The Morgan fingerprint density at radius 2 is 1.87 bits per heavy atom. The smallest absolute Gasteiger partial charge is 0.252 e. The molecule has 3 rings (SSSR count). The van der Waals surface area contributed by atoms with Crippen molar-refractivity contribution in [2.75, 3.05) is 7.11 Å². The first kappa shape index (κ1) is 15.3. The number of aromatic hydroxyl groups is 1. The van der Waals surface area contributed by atoms with Gasteiger partial charge in [-0.2, -0.15) is 0 Å². The second-order valence-electron chi connectivity index (χ2n) is 5.56. The molecule has 23 heavy (non-hydrogen) atoms. The minimum absolute atomic E-state index is 0.174. The lowest BCUT2D eigenvalue weighted by Crippen LogP contribution is -2.35. The van der Waals surface area contributed by atoms with E-state index < -0.39 is 28.8 Å². The van der Waals surface area contributed by atoms with Crippen molar-refractivity contribution in [2.24, 2.45) is 0 Å². The molecular weight excluding hydrogens is 304 g/mol. The van der Waals surface area contributed by atoms with Gasteiger partial charge in [-0.1, -0.05) is 12.1 Å². The van der Waals surface area contributed by atoms with Crippen LogP contribution in [0.2, 0.25) is 0 Å². The summed E-state index contributed by atoms with van der Waals surface area (Å²) in [6, 6.07) is 8.94. The van der Waals surface area contributed by atoms with E-state index in [0.29, 0.717) is 5.75 Å². The number of amides is 1. The van der Waals surface area contributed by atoms with Gasteiger partial charge >= 0.3 is 0 Å². The van der Waals surface area contributed by atoms with Crippen molar-refractivity contribution in [3.8, 4) is 11.5 Å². The molecule has 2 aromatic carbocycles. The molecule has 0 heterocycles. The van der Waals surface area contributed by atoms with E-state index in [9.17, 15) is 13.6 Å². The number of rotatable bonds is 4. The molecule has 120 valence electrons. The predicted molar refractivity (Wildman–Crippen MR) is 79.4 cm³/mol. The molecule has 1 saturated carbocycles. The summed E-state index contributed by atoms with van der Waals surface area (Å²) >= 11 is 0. The van der Waals surface area contributed by atoms with Crippen LogP contribution in [0.1, 0.15) is 28.8 Å². The van der Waals surface area contributed by atoms with E-state index >= 15 is 0 Å². The number of carbonyl (C=O) groups is 1. The van der Waals surface area contributed by atoms with Crippen molar-refractivity contribution in [2.45, 2.75) is 18.4 Å². The zero-order valence-electron chi connectivity index (χ0n) is 12.4. The van der Waals surface area contributed by atoms with E-state index in [0.717, 1.165) is 30.5 Å². The summed E-state index contributed by atoms with van der Waals surface area (Å²) in [5.41, 5.74) is 0.160. The Hall–Kier alpha value is -2.63. The van der Waals surface area contributed by atoms with E-state index in [2.05, 4.69) is 5.32 Å². The number of phenols is 1. The van der Waals surface area contributed by atoms with Gasteiger partial charge in [0.25, 0.3) is 5.91 Å². The minimum atomic E-state index is -1.17. The molecule has 2 N–H and O–H groups in total. The molecule has 0 aliphatic heterocycles. The molecule has 0 bridgehead atoms. The lowest BCUT2D eigenvalue weighted by Gasteiger charge is -2.19. The number of methoxy groups -OCH3 is 1. The zero-order chi connectivity index (χ0) is 16.6. The van der Waals surface area contributed by atoms with Crippen LogP contribution in [-0.4, -0.2) is 18.1 Å². The molecule has 2 aromatic rings. The Kier molecular flexibility index (Phi) is 3.67. The Morgan fingerprint density at radius 3 is 2.43 bits per heavy atom. The van der Waals surface area contributed by atoms with Gasteiger partial charge in [-0.15, -0.1) is 0 Å². The zero-order valence-corrected chi connectivity index (χ0v) is 12.4. The van der Waals surface area contributed by atoms with Gasteiger partial charge in [-0.25, -0.2) is 8.78 Å². The third kappa shape index (κ3) is 2.84. The molecule has 0 atom stereocenters. The average molecular weight is 319 g/mol. The van der Waals surface area contributed by atoms with Crippen LogP contribution >= 0.6 is 0 Å². The van der Waals surface area contributed by atoms with Gasteiger partial charge < -0.3 is 15.2 Å². The number of hydrogen-bond acceptors (Lipinski definition) is 3. The lowest BCUT2D eigenvalue weighted by atomic mass is 10.0.